The minimum absolute atomic E-state index is 0.0741. The lowest BCUT2D eigenvalue weighted by Crippen LogP contribution is -1.96. The molecule has 8 heteroatoms. The second kappa shape index (κ2) is 5.70. The molecule has 0 aliphatic heterocycles. The maximum Gasteiger partial charge on any atom is 0.294 e. The largest absolute Gasteiger partial charge is 0.294 e. The van der Waals surface area contributed by atoms with Gasteiger partial charge < -0.3 is 0 Å². The van der Waals surface area contributed by atoms with Gasteiger partial charge in [-0.15, -0.1) is 0 Å². The van der Waals surface area contributed by atoms with Crippen LogP contribution in [0.5, 0.6) is 0 Å². The van der Waals surface area contributed by atoms with Gasteiger partial charge in [0.2, 0.25) is 0 Å². The van der Waals surface area contributed by atoms with Crippen molar-refractivity contribution < 1.29 is 25.9 Å². The van der Waals surface area contributed by atoms with E-state index in [4.69, 9.17) is 17.5 Å². The Balaban J connectivity index is 0.000000364. The molecule has 0 fully saturated rings. The van der Waals surface area contributed by atoms with E-state index >= 15 is 0 Å². The Bertz CT molecular complexity index is 425. The van der Waals surface area contributed by atoms with Gasteiger partial charge in [0.05, 0.1) is 4.90 Å². The highest BCUT2D eigenvalue weighted by atomic mass is 32.2. The average Bonchev–Trinajstić information content (AvgIpc) is 2.03. The zero-order valence-corrected chi connectivity index (χ0v) is 8.48. The van der Waals surface area contributed by atoms with Crippen molar-refractivity contribution in [2.45, 2.75) is 4.90 Å². The van der Waals surface area contributed by atoms with Crippen LogP contribution in [-0.2, 0) is 21.1 Å². The normalized spacial score (nSPS) is 10.5. The van der Waals surface area contributed by atoms with Crippen LogP contribution in [0, 0.1) is 0 Å². The first kappa shape index (κ1) is 13.0. The van der Waals surface area contributed by atoms with Crippen molar-refractivity contribution in [2.24, 2.45) is 0 Å². The zero-order chi connectivity index (χ0) is 11.2. The highest BCUT2D eigenvalue weighted by molar-refractivity contribution is 7.85. The van der Waals surface area contributed by atoms with Crippen molar-refractivity contribution in [3.05, 3.63) is 30.3 Å². The summed E-state index contributed by atoms with van der Waals surface area (Å²) in [4.78, 5) is -0.0741. The summed E-state index contributed by atoms with van der Waals surface area (Å²) < 4.78 is 53.4. The molecule has 0 saturated carbocycles. The van der Waals surface area contributed by atoms with Gasteiger partial charge in [0.25, 0.3) is 21.1 Å². The van der Waals surface area contributed by atoms with Crippen LogP contribution < -0.4 is 0 Å². The summed E-state index contributed by atoms with van der Waals surface area (Å²) in [6.07, 6.45) is 0. The molecule has 1 aromatic carbocycles. The van der Waals surface area contributed by atoms with Crippen molar-refractivity contribution in [3.8, 4) is 0 Å². The fourth-order valence-electron chi connectivity index (χ4n) is 0.592. The summed E-state index contributed by atoms with van der Waals surface area (Å²) in [5.41, 5.74) is 0. The quantitative estimate of drug-likeness (QED) is 0.471. The molecule has 0 atom stereocenters. The van der Waals surface area contributed by atoms with E-state index in [1.54, 1.807) is 18.2 Å². The molecule has 0 aliphatic rings. The van der Waals surface area contributed by atoms with Crippen LogP contribution in [0.1, 0.15) is 0 Å². The predicted molar refractivity (Wildman–Crippen MR) is 49.2 cm³/mol. The Morgan fingerprint density at radius 1 is 1.07 bits per heavy atom. The van der Waals surface area contributed by atoms with Gasteiger partial charge >= 0.3 is 0 Å². The Morgan fingerprint density at radius 3 is 1.64 bits per heavy atom. The van der Waals surface area contributed by atoms with E-state index in [9.17, 15) is 8.42 Å². The maximum absolute atomic E-state index is 10.4. The smallest absolute Gasteiger partial charge is 0.288 e. The summed E-state index contributed by atoms with van der Waals surface area (Å²) >= 11 is 0. The molecule has 1 aromatic rings. The third-order valence-electron chi connectivity index (χ3n) is 1.04. The molecule has 80 valence electrons. The molecular formula is C6H8O6S2. The molecule has 0 heterocycles. The van der Waals surface area contributed by atoms with E-state index in [1.165, 1.54) is 12.1 Å². The topological polar surface area (TPSA) is 109 Å². The van der Waals surface area contributed by atoms with Gasteiger partial charge in [-0.25, -0.2) is 8.42 Å². The Morgan fingerprint density at radius 2 is 1.43 bits per heavy atom. The Labute approximate surface area is 82.7 Å². The van der Waals surface area contributed by atoms with Crippen LogP contribution in [0.25, 0.3) is 0 Å². The highest BCUT2D eigenvalue weighted by Gasteiger charge is 2.05. The minimum atomic E-state index is -4.00. The molecule has 0 saturated heterocycles. The van der Waals surface area contributed by atoms with Crippen molar-refractivity contribution in [1.82, 2.24) is 0 Å². The molecule has 14 heavy (non-hydrogen) atoms. The maximum atomic E-state index is 10.4. The predicted octanol–water partition coefficient (Wildman–Crippen LogP) is 0.00410. The van der Waals surface area contributed by atoms with Gasteiger partial charge in [0, 0.05) is 0 Å². The van der Waals surface area contributed by atoms with Crippen LogP contribution in [-0.4, -0.2) is 25.9 Å². The number of hydrogen-bond donors (Lipinski definition) is 3. The van der Waals surface area contributed by atoms with E-state index in [1.807, 2.05) is 0 Å². The molecule has 2 N–H and O–H groups in total. The summed E-state index contributed by atoms with van der Waals surface area (Å²) in [5.74, 6) is 0. The van der Waals surface area contributed by atoms with Gasteiger partial charge in [-0.2, -0.15) is 8.42 Å². The Hall–Kier alpha value is -0.960. The SMILES string of the molecule is O=S(=O)(O)c1ccccc1.O=[SH](=O)O. The molecule has 6 nitrogen and oxygen atoms in total. The number of benzene rings is 1. The summed E-state index contributed by atoms with van der Waals surface area (Å²) in [7, 11) is -7.12. The molecule has 0 amide bonds. The first-order chi connectivity index (χ1) is 6.34. The third-order valence-corrected chi connectivity index (χ3v) is 1.91. The first-order valence-corrected chi connectivity index (χ1v) is 5.77. The van der Waals surface area contributed by atoms with Crippen molar-refractivity contribution >= 4 is 21.1 Å². The Kier molecular flexibility index (Phi) is 5.31. The number of hydrogen-bond acceptors (Lipinski definition) is 4. The van der Waals surface area contributed by atoms with E-state index in [-0.39, 0.29) is 4.90 Å². The highest BCUT2D eigenvalue weighted by Crippen LogP contribution is 2.05. The molecule has 0 spiro atoms. The standard InChI is InChI=1S/C6H6O3S.H2O3S/c7-10(8,9)6-4-2-1-3-5-6;1-4(2)3/h1-5H,(H,7,8,9);4H,(H,1,2,3). The summed E-state index contributed by atoms with van der Waals surface area (Å²) in [5, 5.41) is 0. The van der Waals surface area contributed by atoms with Crippen LogP contribution in [0.4, 0.5) is 0 Å². The molecule has 1 rings (SSSR count). The molecular weight excluding hydrogens is 232 g/mol. The fourth-order valence-corrected chi connectivity index (χ4v) is 1.09. The van der Waals surface area contributed by atoms with Gasteiger partial charge in [0.1, 0.15) is 0 Å². The van der Waals surface area contributed by atoms with Crippen molar-refractivity contribution in [3.63, 3.8) is 0 Å². The molecule has 0 aromatic heterocycles. The van der Waals surface area contributed by atoms with E-state index in [0.717, 1.165) is 0 Å². The molecule has 0 aliphatic carbocycles. The van der Waals surface area contributed by atoms with Gasteiger partial charge in [-0.05, 0) is 12.1 Å². The summed E-state index contributed by atoms with van der Waals surface area (Å²) in [6, 6.07) is 7.42. The first-order valence-electron chi connectivity index (χ1n) is 3.20. The molecule has 0 radical (unpaired) electrons. The monoisotopic (exact) mass is 240 g/mol. The third kappa shape index (κ3) is 6.54. The number of thiol groups is 1. The van der Waals surface area contributed by atoms with E-state index in [0.29, 0.717) is 0 Å². The van der Waals surface area contributed by atoms with Gasteiger partial charge in [-0.3, -0.25) is 9.11 Å². The second-order valence-electron chi connectivity index (χ2n) is 2.03. The number of rotatable bonds is 1. The lowest BCUT2D eigenvalue weighted by Gasteiger charge is -1.92. The van der Waals surface area contributed by atoms with Crippen LogP contribution in [0.2, 0.25) is 0 Å². The van der Waals surface area contributed by atoms with Crippen molar-refractivity contribution in [2.75, 3.05) is 0 Å². The van der Waals surface area contributed by atoms with Crippen LogP contribution >= 0.6 is 0 Å². The van der Waals surface area contributed by atoms with Crippen LogP contribution in [0.15, 0.2) is 35.2 Å². The van der Waals surface area contributed by atoms with Gasteiger partial charge in [0.15, 0.2) is 0 Å². The van der Waals surface area contributed by atoms with Gasteiger partial charge in [-0.1, -0.05) is 18.2 Å². The zero-order valence-electron chi connectivity index (χ0n) is 6.77. The second-order valence-corrected chi connectivity index (χ2v) is 3.92. The minimum Gasteiger partial charge on any atom is -0.288 e. The fraction of sp³-hybridized carbons (Fsp3) is 0. The molecule has 0 bridgehead atoms. The lowest BCUT2D eigenvalue weighted by atomic mass is 10.4. The average molecular weight is 240 g/mol. The van der Waals surface area contributed by atoms with E-state index < -0.39 is 21.1 Å². The lowest BCUT2D eigenvalue weighted by molar-refractivity contribution is 0.483. The van der Waals surface area contributed by atoms with Crippen LogP contribution in [0.3, 0.4) is 0 Å². The van der Waals surface area contributed by atoms with E-state index in [2.05, 4.69) is 0 Å². The van der Waals surface area contributed by atoms with Crippen molar-refractivity contribution in [1.29, 1.82) is 0 Å². The summed E-state index contributed by atoms with van der Waals surface area (Å²) in [6.45, 7) is 0. The molecule has 0 unspecified atom stereocenters.